The van der Waals surface area contributed by atoms with Gasteiger partial charge in [-0.05, 0) is 29.2 Å². The van der Waals surface area contributed by atoms with Crippen LogP contribution in [-0.4, -0.2) is 28.4 Å². The Morgan fingerprint density at radius 1 is 1.10 bits per heavy atom. The van der Waals surface area contributed by atoms with E-state index in [4.69, 9.17) is 16.6 Å². The van der Waals surface area contributed by atoms with Gasteiger partial charge in [-0.2, -0.15) is 4.37 Å². The fourth-order valence-corrected chi connectivity index (χ4v) is 3.58. The van der Waals surface area contributed by atoms with Crippen molar-refractivity contribution in [1.82, 2.24) is 14.7 Å². The topological polar surface area (TPSA) is 58.1 Å². The Hall–Kier alpha value is -2.44. The molecule has 3 rings (SSSR count). The summed E-state index contributed by atoms with van der Waals surface area (Å²) < 4.78 is 4.50. The molecule has 0 unspecified atom stereocenters. The third-order valence-electron chi connectivity index (χ3n) is 4.26. The first kappa shape index (κ1) is 21.3. The number of hydrogen-bond donors (Lipinski definition) is 1. The SMILES string of the molecule is CC(C)CNC(=O)CN(Cc1ccccc1)c1nc(Cc2ccc(Cl)cc2)ns1. The van der Waals surface area contributed by atoms with Gasteiger partial charge >= 0.3 is 0 Å². The second-order valence-electron chi connectivity index (χ2n) is 7.34. The van der Waals surface area contributed by atoms with Crippen molar-refractivity contribution in [2.24, 2.45) is 5.92 Å². The lowest BCUT2D eigenvalue weighted by Gasteiger charge is -2.21. The molecule has 1 N–H and O–H groups in total. The van der Waals surface area contributed by atoms with Crippen LogP contribution in [-0.2, 0) is 17.8 Å². The van der Waals surface area contributed by atoms with Gasteiger partial charge in [-0.1, -0.05) is 67.9 Å². The second-order valence-corrected chi connectivity index (χ2v) is 8.50. The molecule has 0 aliphatic rings. The molecule has 0 fully saturated rings. The zero-order valence-electron chi connectivity index (χ0n) is 16.6. The molecule has 1 aromatic heterocycles. The first-order valence-electron chi connectivity index (χ1n) is 9.62. The Morgan fingerprint density at radius 3 is 2.52 bits per heavy atom. The average Bonchev–Trinajstić information content (AvgIpc) is 3.17. The molecule has 0 atom stereocenters. The molecular weight excluding hydrogens is 404 g/mol. The molecule has 29 heavy (non-hydrogen) atoms. The standard InChI is InChI=1S/C22H25ClN4OS/c1-16(2)13-24-21(28)15-27(14-18-6-4-3-5-7-18)22-25-20(26-29-22)12-17-8-10-19(23)11-9-17/h3-11,16H,12-15H2,1-2H3,(H,24,28). The quantitative estimate of drug-likeness (QED) is 0.542. The molecule has 1 amide bonds. The van der Waals surface area contributed by atoms with E-state index in [2.05, 4.69) is 35.7 Å². The molecule has 152 valence electrons. The van der Waals surface area contributed by atoms with Crippen LogP contribution in [0.25, 0.3) is 0 Å². The molecule has 0 saturated heterocycles. The molecule has 0 radical (unpaired) electrons. The van der Waals surface area contributed by atoms with Gasteiger partial charge in [0.25, 0.3) is 0 Å². The van der Waals surface area contributed by atoms with E-state index in [1.807, 2.05) is 47.4 Å². The van der Waals surface area contributed by atoms with Crippen molar-refractivity contribution < 1.29 is 4.79 Å². The number of rotatable bonds is 9. The maximum atomic E-state index is 12.4. The third-order valence-corrected chi connectivity index (χ3v) is 5.33. The second kappa shape index (κ2) is 10.4. The van der Waals surface area contributed by atoms with E-state index in [0.29, 0.717) is 30.5 Å². The van der Waals surface area contributed by atoms with E-state index in [0.717, 1.165) is 22.1 Å². The van der Waals surface area contributed by atoms with Crippen LogP contribution in [0.3, 0.4) is 0 Å². The summed E-state index contributed by atoms with van der Waals surface area (Å²) in [6.45, 7) is 5.67. The van der Waals surface area contributed by atoms with Crippen LogP contribution in [0.1, 0.15) is 30.8 Å². The Morgan fingerprint density at radius 2 is 1.83 bits per heavy atom. The van der Waals surface area contributed by atoms with Crippen LogP contribution in [0.4, 0.5) is 5.13 Å². The van der Waals surface area contributed by atoms with E-state index in [1.165, 1.54) is 11.5 Å². The van der Waals surface area contributed by atoms with Crippen molar-refractivity contribution in [3.63, 3.8) is 0 Å². The normalized spacial score (nSPS) is 10.9. The summed E-state index contributed by atoms with van der Waals surface area (Å²) in [5, 5.41) is 4.44. The van der Waals surface area contributed by atoms with Gasteiger partial charge in [-0.25, -0.2) is 4.98 Å². The Bertz CT molecular complexity index is 912. The van der Waals surface area contributed by atoms with Gasteiger partial charge in [-0.15, -0.1) is 0 Å². The smallest absolute Gasteiger partial charge is 0.239 e. The van der Waals surface area contributed by atoms with Crippen LogP contribution in [0, 0.1) is 5.92 Å². The highest BCUT2D eigenvalue weighted by Crippen LogP contribution is 2.21. The number of carbonyl (C=O) groups is 1. The lowest BCUT2D eigenvalue weighted by molar-refractivity contribution is -0.119. The minimum Gasteiger partial charge on any atom is -0.354 e. The predicted molar refractivity (Wildman–Crippen MR) is 120 cm³/mol. The molecular formula is C22H25ClN4OS. The molecule has 0 saturated carbocycles. The number of amides is 1. The average molecular weight is 429 g/mol. The summed E-state index contributed by atoms with van der Waals surface area (Å²) in [4.78, 5) is 19.1. The largest absolute Gasteiger partial charge is 0.354 e. The van der Waals surface area contributed by atoms with Crippen LogP contribution >= 0.6 is 23.1 Å². The highest BCUT2D eigenvalue weighted by Gasteiger charge is 2.17. The molecule has 5 nitrogen and oxygen atoms in total. The number of nitrogens with one attached hydrogen (secondary N) is 1. The molecule has 1 heterocycles. The minimum atomic E-state index is -0.0101. The van der Waals surface area contributed by atoms with Crippen LogP contribution < -0.4 is 10.2 Å². The van der Waals surface area contributed by atoms with Crippen molar-refractivity contribution in [2.75, 3.05) is 18.0 Å². The van der Waals surface area contributed by atoms with Crippen molar-refractivity contribution in [2.45, 2.75) is 26.8 Å². The number of aromatic nitrogens is 2. The third kappa shape index (κ3) is 6.84. The maximum Gasteiger partial charge on any atom is 0.239 e. The summed E-state index contributed by atoms with van der Waals surface area (Å²) >= 11 is 7.28. The molecule has 0 bridgehead atoms. The lowest BCUT2D eigenvalue weighted by atomic mass is 10.1. The fraction of sp³-hybridized carbons (Fsp3) is 0.318. The Kier molecular flexibility index (Phi) is 7.61. The number of hydrogen-bond acceptors (Lipinski definition) is 5. The highest BCUT2D eigenvalue weighted by molar-refractivity contribution is 7.09. The van der Waals surface area contributed by atoms with Gasteiger partial charge in [0.1, 0.15) is 5.82 Å². The van der Waals surface area contributed by atoms with Crippen molar-refractivity contribution in [1.29, 1.82) is 0 Å². The number of nitrogens with zero attached hydrogens (tertiary/aromatic N) is 3. The van der Waals surface area contributed by atoms with Crippen LogP contribution in [0.2, 0.25) is 5.02 Å². The molecule has 7 heteroatoms. The van der Waals surface area contributed by atoms with Gasteiger partial charge in [0.05, 0.1) is 6.54 Å². The Labute approximate surface area is 180 Å². The van der Waals surface area contributed by atoms with E-state index < -0.39 is 0 Å². The van der Waals surface area contributed by atoms with Gasteiger partial charge in [0.2, 0.25) is 11.0 Å². The lowest BCUT2D eigenvalue weighted by Crippen LogP contribution is -2.38. The van der Waals surface area contributed by atoms with Crippen molar-refractivity contribution in [3.8, 4) is 0 Å². The van der Waals surface area contributed by atoms with Crippen LogP contribution in [0.5, 0.6) is 0 Å². The van der Waals surface area contributed by atoms with E-state index >= 15 is 0 Å². The predicted octanol–water partition coefficient (Wildman–Crippen LogP) is 4.56. The van der Waals surface area contributed by atoms with Gasteiger partial charge in [0.15, 0.2) is 0 Å². The molecule has 2 aromatic carbocycles. The molecule has 0 aliphatic heterocycles. The maximum absolute atomic E-state index is 12.4. The highest BCUT2D eigenvalue weighted by atomic mass is 35.5. The Balaban J connectivity index is 1.73. The summed E-state index contributed by atoms with van der Waals surface area (Å²) in [5.41, 5.74) is 2.22. The monoisotopic (exact) mass is 428 g/mol. The minimum absolute atomic E-state index is 0.0101. The first-order valence-corrected chi connectivity index (χ1v) is 10.8. The summed E-state index contributed by atoms with van der Waals surface area (Å²) in [6.07, 6.45) is 0.631. The van der Waals surface area contributed by atoms with Crippen molar-refractivity contribution >= 4 is 34.2 Å². The van der Waals surface area contributed by atoms with Gasteiger partial charge < -0.3 is 10.2 Å². The number of halogens is 1. The summed E-state index contributed by atoms with van der Waals surface area (Å²) in [7, 11) is 0. The molecule has 0 spiro atoms. The first-order chi connectivity index (χ1) is 14.0. The van der Waals surface area contributed by atoms with E-state index in [1.54, 1.807) is 0 Å². The van der Waals surface area contributed by atoms with E-state index in [9.17, 15) is 4.79 Å². The van der Waals surface area contributed by atoms with Crippen molar-refractivity contribution in [3.05, 3.63) is 76.6 Å². The summed E-state index contributed by atoms with van der Waals surface area (Å²) in [5.74, 6) is 1.14. The summed E-state index contributed by atoms with van der Waals surface area (Å²) in [6, 6.07) is 17.8. The zero-order chi connectivity index (χ0) is 20.6. The van der Waals surface area contributed by atoms with Crippen LogP contribution in [0.15, 0.2) is 54.6 Å². The molecule has 0 aliphatic carbocycles. The van der Waals surface area contributed by atoms with Gasteiger partial charge in [0, 0.05) is 36.1 Å². The number of anilines is 1. The molecule has 3 aromatic rings. The number of benzene rings is 2. The fourth-order valence-electron chi connectivity index (χ4n) is 2.77. The van der Waals surface area contributed by atoms with Gasteiger partial charge in [-0.3, -0.25) is 4.79 Å². The van der Waals surface area contributed by atoms with E-state index in [-0.39, 0.29) is 12.5 Å². The number of carbonyl (C=O) groups excluding carboxylic acids is 1. The zero-order valence-corrected chi connectivity index (χ0v) is 18.2.